The van der Waals surface area contributed by atoms with Gasteiger partial charge in [0.25, 0.3) is 5.91 Å². The van der Waals surface area contributed by atoms with Gasteiger partial charge in [0.05, 0.1) is 13.7 Å². The molecule has 0 aromatic heterocycles. The molecule has 0 atom stereocenters. The van der Waals surface area contributed by atoms with E-state index < -0.39 is 15.6 Å². The molecule has 1 amide bonds. The van der Waals surface area contributed by atoms with Gasteiger partial charge in [0.1, 0.15) is 10.6 Å². The normalized spacial score (nSPS) is 11.9. The fourth-order valence-corrected chi connectivity index (χ4v) is 4.91. The SMILES string of the molecule is COCCN(CCCc1ccccc1)C(=O)c1ccc(OC)c(S(=O)(=O)NC(C)(C)C)c1. The second kappa shape index (κ2) is 11.4. The maximum Gasteiger partial charge on any atom is 0.253 e. The zero-order valence-electron chi connectivity index (χ0n) is 19.6. The minimum atomic E-state index is -3.88. The minimum Gasteiger partial charge on any atom is -0.495 e. The summed E-state index contributed by atoms with van der Waals surface area (Å²) in [5.41, 5.74) is 0.819. The van der Waals surface area contributed by atoms with E-state index in [1.807, 2.05) is 18.2 Å². The molecule has 2 rings (SSSR count). The molecule has 0 spiro atoms. The van der Waals surface area contributed by atoms with Gasteiger partial charge in [-0.25, -0.2) is 13.1 Å². The lowest BCUT2D eigenvalue weighted by molar-refractivity contribution is 0.0693. The Morgan fingerprint density at radius 1 is 1.03 bits per heavy atom. The van der Waals surface area contributed by atoms with E-state index in [1.165, 1.54) is 24.8 Å². The van der Waals surface area contributed by atoms with Crippen molar-refractivity contribution in [3.05, 3.63) is 59.7 Å². The Labute approximate surface area is 191 Å². The molecule has 2 aromatic rings. The van der Waals surface area contributed by atoms with Crippen molar-refractivity contribution in [2.24, 2.45) is 0 Å². The van der Waals surface area contributed by atoms with Gasteiger partial charge in [-0.1, -0.05) is 30.3 Å². The van der Waals surface area contributed by atoms with Crippen LogP contribution < -0.4 is 9.46 Å². The Morgan fingerprint density at radius 2 is 1.72 bits per heavy atom. The number of hydrogen-bond acceptors (Lipinski definition) is 5. The summed E-state index contributed by atoms with van der Waals surface area (Å²) in [7, 11) is -0.892. The molecule has 0 fully saturated rings. The third-order valence-corrected chi connectivity index (χ3v) is 6.51. The van der Waals surface area contributed by atoms with Crippen LogP contribution >= 0.6 is 0 Å². The van der Waals surface area contributed by atoms with E-state index in [0.29, 0.717) is 19.7 Å². The third kappa shape index (κ3) is 7.62. The van der Waals surface area contributed by atoms with Crippen LogP contribution in [0.4, 0.5) is 0 Å². The van der Waals surface area contributed by atoms with Crippen LogP contribution in [0.5, 0.6) is 5.75 Å². The average Bonchev–Trinajstić information content (AvgIpc) is 2.74. The summed E-state index contributed by atoms with van der Waals surface area (Å²) in [5, 5.41) is 0. The van der Waals surface area contributed by atoms with Crippen molar-refractivity contribution in [3.63, 3.8) is 0 Å². The molecule has 1 N–H and O–H groups in total. The maximum atomic E-state index is 13.3. The highest BCUT2D eigenvalue weighted by atomic mass is 32.2. The van der Waals surface area contributed by atoms with Crippen molar-refractivity contribution in [1.29, 1.82) is 0 Å². The molecule has 0 aliphatic heterocycles. The smallest absolute Gasteiger partial charge is 0.253 e. The zero-order valence-corrected chi connectivity index (χ0v) is 20.4. The molecule has 0 radical (unpaired) electrons. The number of rotatable bonds is 11. The Kier molecular flexibility index (Phi) is 9.24. The lowest BCUT2D eigenvalue weighted by atomic mass is 10.1. The largest absolute Gasteiger partial charge is 0.495 e. The van der Waals surface area contributed by atoms with Gasteiger partial charge in [-0.15, -0.1) is 0 Å². The van der Waals surface area contributed by atoms with Crippen LogP contribution in [0.3, 0.4) is 0 Å². The fourth-order valence-electron chi connectivity index (χ4n) is 3.30. The highest BCUT2D eigenvalue weighted by Crippen LogP contribution is 2.26. The van der Waals surface area contributed by atoms with Crippen molar-refractivity contribution < 1.29 is 22.7 Å². The summed E-state index contributed by atoms with van der Waals surface area (Å²) >= 11 is 0. The molecule has 0 aliphatic rings. The lowest BCUT2D eigenvalue weighted by Gasteiger charge is -2.24. The van der Waals surface area contributed by atoms with E-state index in [9.17, 15) is 13.2 Å². The van der Waals surface area contributed by atoms with Gasteiger partial charge in [0.15, 0.2) is 0 Å². The summed E-state index contributed by atoms with van der Waals surface area (Å²) in [5.74, 6) is -0.0595. The predicted octanol–water partition coefficient (Wildman–Crippen LogP) is 3.49. The van der Waals surface area contributed by atoms with Crippen LogP contribution in [-0.2, 0) is 21.2 Å². The summed E-state index contributed by atoms with van der Waals surface area (Å²) in [6, 6.07) is 14.6. The molecule has 0 aliphatic carbocycles. The summed E-state index contributed by atoms with van der Waals surface area (Å²) < 4.78 is 38.9. The molecule has 176 valence electrons. The predicted molar refractivity (Wildman–Crippen MR) is 126 cm³/mol. The number of carbonyl (C=O) groups excluding carboxylic acids is 1. The van der Waals surface area contributed by atoms with Gasteiger partial charge in [-0.3, -0.25) is 4.79 Å². The highest BCUT2D eigenvalue weighted by molar-refractivity contribution is 7.89. The molecule has 7 nitrogen and oxygen atoms in total. The van der Waals surface area contributed by atoms with Gasteiger partial charge >= 0.3 is 0 Å². The van der Waals surface area contributed by atoms with Crippen LogP contribution in [0.15, 0.2) is 53.4 Å². The summed E-state index contributed by atoms with van der Waals surface area (Å²) in [6.07, 6.45) is 1.63. The molecule has 8 heteroatoms. The number of sulfonamides is 1. The number of ether oxygens (including phenoxy) is 2. The quantitative estimate of drug-likeness (QED) is 0.553. The molecule has 2 aromatic carbocycles. The van der Waals surface area contributed by atoms with Crippen LogP contribution in [0.2, 0.25) is 0 Å². The molecule has 0 unspecified atom stereocenters. The van der Waals surface area contributed by atoms with Crippen LogP contribution in [0, 0.1) is 0 Å². The van der Waals surface area contributed by atoms with Crippen molar-refractivity contribution in [1.82, 2.24) is 9.62 Å². The van der Waals surface area contributed by atoms with Gasteiger partial charge in [-0.2, -0.15) is 0 Å². The molecule has 0 saturated heterocycles. The van der Waals surface area contributed by atoms with Gasteiger partial charge in [-0.05, 0) is 57.4 Å². The van der Waals surface area contributed by atoms with Crippen molar-refractivity contribution in [3.8, 4) is 5.75 Å². The Hall–Kier alpha value is -2.42. The summed E-state index contributed by atoms with van der Waals surface area (Å²) in [4.78, 5) is 14.9. The van der Waals surface area contributed by atoms with Crippen LogP contribution in [-0.4, -0.2) is 58.7 Å². The number of carbonyl (C=O) groups is 1. The Morgan fingerprint density at radius 3 is 2.31 bits per heavy atom. The first kappa shape index (κ1) is 25.8. The molecule has 0 saturated carbocycles. The first-order valence-corrected chi connectivity index (χ1v) is 12.1. The lowest BCUT2D eigenvalue weighted by Crippen LogP contribution is -2.40. The standard InChI is InChI=1S/C24H34N2O5S/c1-24(2,3)25-32(28,29)22-18-20(13-14-21(22)31-5)23(27)26(16-17-30-4)15-9-12-19-10-7-6-8-11-19/h6-8,10-11,13-14,18,25H,9,12,15-17H2,1-5H3. The van der Waals surface area contributed by atoms with Gasteiger partial charge in [0, 0.05) is 31.3 Å². The third-order valence-electron chi connectivity index (χ3n) is 4.73. The second-order valence-corrected chi connectivity index (χ2v) is 10.2. The van der Waals surface area contributed by atoms with E-state index in [2.05, 4.69) is 16.9 Å². The van der Waals surface area contributed by atoms with E-state index in [4.69, 9.17) is 9.47 Å². The topological polar surface area (TPSA) is 84.9 Å². The van der Waals surface area contributed by atoms with E-state index >= 15 is 0 Å². The Balaban J connectivity index is 2.26. The van der Waals surface area contributed by atoms with E-state index in [0.717, 1.165) is 12.8 Å². The highest BCUT2D eigenvalue weighted by Gasteiger charge is 2.27. The molecule has 32 heavy (non-hydrogen) atoms. The monoisotopic (exact) mass is 462 g/mol. The average molecular weight is 463 g/mol. The molecular weight excluding hydrogens is 428 g/mol. The van der Waals surface area contributed by atoms with Crippen LogP contribution in [0.1, 0.15) is 43.1 Å². The molecule has 0 heterocycles. The zero-order chi connectivity index (χ0) is 23.8. The number of amides is 1. The van der Waals surface area contributed by atoms with E-state index in [-0.39, 0.29) is 22.1 Å². The number of benzene rings is 2. The second-order valence-electron chi connectivity index (χ2n) is 8.60. The Bertz CT molecular complexity index is 985. The number of nitrogens with zero attached hydrogens (tertiary/aromatic N) is 1. The number of aryl methyl sites for hydroxylation is 1. The fraction of sp³-hybridized carbons (Fsp3) is 0.458. The molecular formula is C24H34N2O5S. The van der Waals surface area contributed by atoms with Crippen molar-refractivity contribution in [2.45, 2.75) is 44.0 Å². The van der Waals surface area contributed by atoms with Crippen molar-refractivity contribution in [2.75, 3.05) is 33.9 Å². The van der Waals surface area contributed by atoms with Crippen LogP contribution in [0.25, 0.3) is 0 Å². The summed E-state index contributed by atoms with van der Waals surface area (Å²) in [6.45, 7) is 6.61. The maximum absolute atomic E-state index is 13.3. The van der Waals surface area contributed by atoms with Gasteiger partial charge < -0.3 is 14.4 Å². The minimum absolute atomic E-state index is 0.0586. The van der Waals surface area contributed by atoms with Crippen molar-refractivity contribution >= 4 is 15.9 Å². The molecule has 0 bridgehead atoms. The number of hydrogen-bond donors (Lipinski definition) is 1. The van der Waals surface area contributed by atoms with E-state index in [1.54, 1.807) is 38.8 Å². The first-order valence-electron chi connectivity index (χ1n) is 10.6. The number of nitrogens with one attached hydrogen (secondary N) is 1. The number of methoxy groups -OCH3 is 2. The first-order chi connectivity index (χ1) is 15.1. The van der Waals surface area contributed by atoms with Gasteiger partial charge in [0.2, 0.25) is 10.0 Å².